The van der Waals surface area contributed by atoms with Gasteiger partial charge in [0.15, 0.2) is 0 Å². The molecule has 0 saturated carbocycles. The molecule has 1 fully saturated rings. The normalized spacial score (nSPS) is 16.1. The van der Waals surface area contributed by atoms with Gasteiger partial charge in [-0.05, 0) is 31.9 Å². The van der Waals surface area contributed by atoms with Crippen LogP contribution in [0.25, 0.3) is 0 Å². The number of benzene rings is 1. The average molecular weight is 272 g/mol. The van der Waals surface area contributed by atoms with Crippen molar-refractivity contribution in [2.75, 3.05) is 26.2 Å². The lowest BCUT2D eigenvalue weighted by Gasteiger charge is -2.34. The molecular weight excluding hydrogens is 248 g/mol. The summed E-state index contributed by atoms with van der Waals surface area (Å²) < 4.78 is 0. The van der Waals surface area contributed by atoms with Gasteiger partial charge in [-0.15, -0.1) is 0 Å². The smallest absolute Gasteiger partial charge is 0.246 e. The Morgan fingerprint density at radius 1 is 1.15 bits per heavy atom. The van der Waals surface area contributed by atoms with Crippen LogP contribution in [0.4, 0.5) is 0 Å². The Labute approximate surface area is 121 Å². The van der Waals surface area contributed by atoms with Crippen LogP contribution in [0.5, 0.6) is 0 Å². The van der Waals surface area contributed by atoms with Crippen molar-refractivity contribution in [3.05, 3.63) is 47.0 Å². The average Bonchev–Trinajstić information content (AvgIpc) is 2.41. The third kappa shape index (κ3) is 3.94. The molecule has 1 heterocycles. The van der Waals surface area contributed by atoms with E-state index in [0.717, 1.165) is 38.3 Å². The molecule has 1 aromatic carbocycles. The van der Waals surface area contributed by atoms with Gasteiger partial charge in [0.1, 0.15) is 0 Å². The predicted octanol–water partition coefficient (Wildman–Crippen LogP) is 2.61. The molecule has 20 heavy (non-hydrogen) atoms. The maximum absolute atomic E-state index is 12.0. The highest BCUT2D eigenvalue weighted by Gasteiger charge is 2.19. The van der Waals surface area contributed by atoms with Crippen molar-refractivity contribution >= 4 is 5.91 Å². The van der Waals surface area contributed by atoms with Gasteiger partial charge >= 0.3 is 0 Å². The van der Waals surface area contributed by atoms with Gasteiger partial charge in [0.2, 0.25) is 5.91 Å². The van der Waals surface area contributed by atoms with Crippen molar-refractivity contribution in [2.45, 2.75) is 27.3 Å². The standard InChI is InChI=1S/C17H24N2O/c1-14(2)12-17(20)19-10-8-18(9-11-19)13-16-7-5-4-6-15(16)3/h4-7,12H,8-11,13H2,1-3H3. The fourth-order valence-electron chi connectivity index (χ4n) is 2.49. The molecule has 1 amide bonds. The van der Waals surface area contributed by atoms with Crippen LogP contribution in [0.2, 0.25) is 0 Å². The Morgan fingerprint density at radius 3 is 2.40 bits per heavy atom. The highest BCUT2D eigenvalue weighted by atomic mass is 16.2. The van der Waals surface area contributed by atoms with Crippen LogP contribution >= 0.6 is 0 Å². The van der Waals surface area contributed by atoms with Gasteiger partial charge in [-0.25, -0.2) is 0 Å². The van der Waals surface area contributed by atoms with Crippen LogP contribution in [0.3, 0.4) is 0 Å². The zero-order chi connectivity index (χ0) is 14.5. The van der Waals surface area contributed by atoms with Gasteiger partial charge in [-0.1, -0.05) is 29.8 Å². The maximum Gasteiger partial charge on any atom is 0.246 e. The lowest BCUT2D eigenvalue weighted by molar-refractivity contribution is -0.127. The molecule has 0 radical (unpaired) electrons. The van der Waals surface area contributed by atoms with Crippen LogP contribution in [0.1, 0.15) is 25.0 Å². The molecule has 1 aromatic rings. The van der Waals surface area contributed by atoms with E-state index in [1.165, 1.54) is 11.1 Å². The van der Waals surface area contributed by atoms with Crippen LogP contribution in [-0.4, -0.2) is 41.9 Å². The number of aryl methyl sites for hydroxylation is 1. The molecule has 108 valence electrons. The zero-order valence-electron chi connectivity index (χ0n) is 12.7. The fraction of sp³-hybridized carbons (Fsp3) is 0.471. The lowest BCUT2D eigenvalue weighted by atomic mass is 10.1. The van der Waals surface area contributed by atoms with E-state index in [0.29, 0.717) is 0 Å². The van der Waals surface area contributed by atoms with E-state index >= 15 is 0 Å². The largest absolute Gasteiger partial charge is 0.337 e. The molecule has 3 nitrogen and oxygen atoms in total. The van der Waals surface area contributed by atoms with Crippen LogP contribution in [0.15, 0.2) is 35.9 Å². The van der Waals surface area contributed by atoms with Crippen molar-refractivity contribution < 1.29 is 4.79 Å². The Bertz CT molecular complexity index is 495. The summed E-state index contributed by atoms with van der Waals surface area (Å²) in [5.74, 6) is 0.153. The third-order valence-corrected chi connectivity index (χ3v) is 3.75. The molecule has 0 aliphatic carbocycles. The number of hydrogen-bond acceptors (Lipinski definition) is 2. The van der Waals surface area contributed by atoms with Gasteiger partial charge in [0.05, 0.1) is 0 Å². The highest BCUT2D eigenvalue weighted by molar-refractivity contribution is 5.88. The summed E-state index contributed by atoms with van der Waals surface area (Å²) in [6.45, 7) is 10.6. The van der Waals surface area contributed by atoms with Crippen molar-refractivity contribution in [1.82, 2.24) is 9.80 Å². The number of hydrogen-bond donors (Lipinski definition) is 0. The SMILES string of the molecule is CC(C)=CC(=O)N1CCN(Cc2ccccc2C)CC1. The van der Waals surface area contributed by atoms with Gasteiger partial charge in [-0.2, -0.15) is 0 Å². The molecule has 0 unspecified atom stereocenters. The van der Waals surface area contributed by atoms with Gasteiger partial charge in [0, 0.05) is 38.8 Å². The Kier molecular flexibility index (Phi) is 4.96. The van der Waals surface area contributed by atoms with Crippen LogP contribution in [0, 0.1) is 6.92 Å². The Balaban J connectivity index is 1.87. The number of rotatable bonds is 3. The first kappa shape index (κ1) is 14.8. The lowest BCUT2D eigenvalue weighted by Crippen LogP contribution is -2.47. The molecule has 1 aliphatic rings. The summed E-state index contributed by atoms with van der Waals surface area (Å²) >= 11 is 0. The Hall–Kier alpha value is -1.61. The second kappa shape index (κ2) is 6.71. The summed E-state index contributed by atoms with van der Waals surface area (Å²) in [5.41, 5.74) is 3.80. The monoisotopic (exact) mass is 272 g/mol. The second-order valence-corrected chi connectivity index (χ2v) is 5.75. The van der Waals surface area contributed by atoms with Gasteiger partial charge < -0.3 is 4.90 Å². The quantitative estimate of drug-likeness (QED) is 0.790. The van der Waals surface area contributed by atoms with Crippen LogP contribution in [-0.2, 0) is 11.3 Å². The van der Waals surface area contributed by atoms with E-state index in [1.54, 1.807) is 6.08 Å². The van der Waals surface area contributed by atoms with Crippen LogP contribution < -0.4 is 0 Å². The van der Waals surface area contributed by atoms with Crippen molar-refractivity contribution in [3.63, 3.8) is 0 Å². The van der Waals surface area contributed by atoms with E-state index < -0.39 is 0 Å². The van der Waals surface area contributed by atoms with E-state index in [1.807, 2.05) is 18.7 Å². The first-order valence-corrected chi connectivity index (χ1v) is 7.27. The van der Waals surface area contributed by atoms with E-state index in [9.17, 15) is 4.79 Å². The number of allylic oxidation sites excluding steroid dienone is 1. The van der Waals surface area contributed by atoms with Crippen molar-refractivity contribution in [2.24, 2.45) is 0 Å². The third-order valence-electron chi connectivity index (χ3n) is 3.75. The van der Waals surface area contributed by atoms with E-state index in [4.69, 9.17) is 0 Å². The summed E-state index contributed by atoms with van der Waals surface area (Å²) in [4.78, 5) is 16.3. The highest BCUT2D eigenvalue weighted by Crippen LogP contribution is 2.12. The van der Waals surface area contributed by atoms with Crippen molar-refractivity contribution in [1.29, 1.82) is 0 Å². The number of nitrogens with zero attached hydrogens (tertiary/aromatic N) is 2. The Morgan fingerprint density at radius 2 is 1.80 bits per heavy atom. The summed E-state index contributed by atoms with van der Waals surface area (Å²) in [6, 6.07) is 8.52. The molecular formula is C17H24N2O. The fourth-order valence-corrected chi connectivity index (χ4v) is 2.49. The van der Waals surface area contributed by atoms with E-state index in [2.05, 4.69) is 36.1 Å². The molecule has 0 atom stereocenters. The minimum Gasteiger partial charge on any atom is -0.337 e. The zero-order valence-corrected chi connectivity index (χ0v) is 12.7. The first-order chi connectivity index (χ1) is 9.56. The molecule has 1 saturated heterocycles. The molecule has 1 aliphatic heterocycles. The molecule has 0 spiro atoms. The minimum absolute atomic E-state index is 0.153. The molecule has 0 aromatic heterocycles. The summed E-state index contributed by atoms with van der Waals surface area (Å²) in [7, 11) is 0. The first-order valence-electron chi connectivity index (χ1n) is 7.27. The predicted molar refractivity (Wildman–Crippen MR) is 82.5 cm³/mol. The number of carbonyl (C=O) groups excluding carboxylic acids is 1. The minimum atomic E-state index is 0.153. The summed E-state index contributed by atoms with van der Waals surface area (Å²) in [6.07, 6.45) is 1.73. The number of piperazine rings is 1. The summed E-state index contributed by atoms with van der Waals surface area (Å²) in [5, 5.41) is 0. The van der Waals surface area contributed by atoms with Gasteiger partial charge in [0.25, 0.3) is 0 Å². The second-order valence-electron chi connectivity index (χ2n) is 5.75. The van der Waals surface area contributed by atoms with E-state index in [-0.39, 0.29) is 5.91 Å². The number of amides is 1. The topological polar surface area (TPSA) is 23.6 Å². The van der Waals surface area contributed by atoms with Crippen molar-refractivity contribution in [3.8, 4) is 0 Å². The number of carbonyl (C=O) groups is 1. The molecule has 3 heteroatoms. The van der Waals surface area contributed by atoms with Gasteiger partial charge in [-0.3, -0.25) is 9.69 Å². The molecule has 0 bridgehead atoms. The molecule has 2 rings (SSSR count). The maximum atomic E-state index is 12.0. The molecule has 0 N–H and O–H groups in total.